The highest BCUT2D eigenvalue weighted by Gasteiger charge is 2.20. The summed E-state index contributed by atoms with van der Waals surface area (Å²) in [6, 6.07) is 57.7. The van der Waals surface area contributed by atoms with E-state index in [1.54, 1.807) is 0 Å². The minimum atomic E-state index is 0.664. The summed E-state index contributed by atoms with van der Waals surface area (Å²) in [6.45, 7) is 0. The predicted molar refractivity (Wildman–Crippen MR) is 213 cm³/mol. The van der Waals surface area contributed by atoms with Gasteiger partial charge in [0, 0.05) is 57.0 Å². The van der Waals surface area contributed by atoms with Gasteiger partial charge in [0.2, 0.25) is 0 Å². The van der Waals surface area contributed by atoms with Crippen LogP contribution in [0.2, 0.25) is 0 Å². The van der Waals surface area contributed by atoms with Gasteiger partial charge in [-0.3, -0.25) is 0 Å². The zero-order valence-corrected chi connectivity index (χ0v) is 28.4. The quantitative estimate of drug-likeness (QED) is 0.182. The first-order valence-electron chi connectivity index (χ1n) is 16.6. The van der Waals surface area contributed by atoms with Gasteiger partial charge in [-0.1, -0.05) is 152 Å². The van der Waals surface area contributed by atoms with Gasteiger partial charge < -0.3 is 0 Å². The molecule has 3 nitrogen and oxygen atoms in total. The van der Waals surface area contributed by atoms with Crippen LogP contribution in [-0.2, 0) is 0 Å². The van der Waals surface area contributed by atoms with Crippen LogP contribution >= 0.6 is 22.7 Å². The van der Waals surface area contributed by atoms with Crippen molar-refractivity contribution in [1.29, 1.82) is 0 Å². The number of aromatic nitrogens is 3. The molecule has 0 fully saturated rings. The van der Waals surface area contributed by atoms with E-state index in [0.29, 0.717) is 17.5 Å². The molecule has 5 heteroatoms. The third-order valence-corrected chi connectivity index (χ3v) is 11.9. The minimum Gasteiger partial charge on any atom is -0.208 e. The Kier molecular flexibility index (Phi) is 6.86. The molecule has 10 aromatic rings. The summed E-state index contributed by atoms with van der Waals surface area (Å²) in [5.74, 6) is 2.02. The second kappa shape index (κ2) is 11.8. The SMILES string of the molecule is c1ccc(-c2nc(-c3cccc4c3sc3c(-c5ccccc5)cccc34)nc(-c3cccc4c3sc3c(-c5ccccc5)cccc34)n2)cc1. The van der Waals surface area contributed by atoms with Crippen molar-refractivity contribution in [3.63, 3.8) is 0 Å². The highest BCUT2D eigenvalue weighted by molar-refractivity contribution is 7.27. The van der Waals surface area contributed by atoms with E-state index < -0.39 is 0 Å². The van der Waals surface area contributed by atoms with Crippen LogP contribution in [-0.4, -0.2) is 15.0 Å². The monoisotopic (exact) mass is 673 g/mol. The van der Waals surface area contributed by atoms with Crippen LogP contribution in [0.4, 0.5) is 0 Å². The van der Waals surface area contributed by atoms with Crippen molar-refractivity contribution in [3.8, 4) is 56.4 Å². The van der Waals surface area contributed by atoms with Gasteiger partial charge in [0.15, 0.2) is 17.5 Å². The standard InChI is InChI=1S/C45H27N3S2/c1-4-14-28(15-5-1)31-20-10-22-33-35-24-12-26-37(41(35)49-39(31)33)44-46-43(30-18-8-3-9-19-30)47-45(48-44)38-27-13-25-36-34-23-11-21-32(40(34)50-42(36)38)29-16-6-2-7-17-29/h1-27H. The van der Waals surface area contributed by atoms with E-state index in [2.05, 4.69) is 146 Å². The van der Waals surface area contributed by atoms with Gasteiger partial charge in [-0.05, 0) is 34.4 Å². The molecular formula is C45H27N3S2. The molecular weight excluding hydrogens is 647 g/mol. The number of rotatable bonds is 5. The molecule has 0 saturated carbocycles. The van der Waals surface area contributed by atoms with Gasteiger partial charge >= 0.3 is 0 Å². The molecule has 0 N–H and O–H groups in total. The van der Waals surface area contributed by atoms with Crippen molar-refractivity contribution in [3.05, 3.63) is 164 Å². The number of thiophene rings is 2. The molecule has 0 spiro atoms. The second-order valence-corrected chi connectivity index (χ2v) is 14.4. The third kappa shape index (κ3) is 4.74. The van der Waals surface area contributed by atoms with E-state index in [4.69, 9.17) is 15.0 Å². The van der Waals surface area contributed by atoms with E-state index in [1.807, 2.05) is 40.9 Å². The molecule has 0 atom stereocenters. The largest absolute Gasteiger partial charge is 0.208 e. The van der Waals surface area contributed by atoms with Crippen molar-refractivity contribution in [2.45, 2.75) is 0 Å². The van der Waals surface area contributed by atoms with E-state index in [1.165, 1.54) is 62.6 Å². The average molecular weight is 674 g/mol. The molecule has 0 aliphatic rings. The maximum absolute atomic E-state index is 5.29. The molecule has 50 heavy (non-hydrogen) atoms. The first-order valence-corrected chi connectivity index (χ1v) is 18.2. The van der Waals surface area contributed by atoms with Gasteiger partial charge in [0.25, 0.3) is 0 Å². The number of benzene rings is 7. The molecule has 3 aromatic heterocycles. The molecule has 0 bridgehead atoms. The Hall–Kier alpha value is -6.01. The van der Waals surface area contributed by atoms with Crippen molar-refractivity contribution >= 4 is 63.0 Å². The van der Waals surface area contributed by atoms with Crippen LogP contribution < -0.4 is 0 Å². The molecule has 0 saturated heterocycles. The molecule has 0 aliphatic carbocycles. The Morgan fingerprint density at radius 1 is 0.260 bits per heavy atom. The number of fused-ring (bicyclic) bond motifs is 6. The number of hydrogen-bond donors (Lipinski definition) is 0. The van der Waals surface area contributed by atoms with Gasteiger partial charge in [0.1, 0.15) is 0 Å². The normalized spacial score (nSPS) is 11.6. The fourth-order valence-corrected chi connectivity index (χ4v) is 9.71. The molecule has 0 unspecified atom stereocenters. The van der Waals surface area contributed by atoms with Crippen molar-refractivity contribution in [1.82, 2.24) is 15.0 Å². The summed E-state index contributed by atoms with van der Waals surface area (Å²) in [4.78, 5) is 15.6. The predicted octanol–water partition coefficient (Wildman–Crippen LogP) is 12.9. The third-order valence-electron chi connectivity index (χ3n) is 9.37. The van der Waals surface area contributed by atoms with E-state index in [9.17, 15) is 0 Å². The molecule has 3 heterocycles. The highest BCUT2D eigenvalue weighted by atomic mass is 32.1. The zero-order chi connectivity index (χ0) is 33.0. The van der Waals surface area contributed by atoms with Gasteiger partial charge in [0.05, 0.1) is 0 Å². The van der Waals surface area contributed by atoms with Crippen LogP contribution in [0.1, 0.15) is 0 Å². The van der Waals surface area contributed by atoms with Crippen molar-refractivity contribution < 1.29 is 0 Å². The maximum Gasteiger partial charge on any atom is 0.165 e. The van der Waals surface area contributed by atoms with Crippen LogP contribution in [0.5, 0.6) is 0 Å². The Balaban J connectivity index is 1.22. The summed E-state index contributed by atoms with van der Waals surface area (Å²) in [5.41, 5.74) is 7.89. The van der Waals surface area contributed by atoms with Gasteiger partial charge in [-0.2, -0.15) is 0 Å². The maximum atomic E-state index is 5.29. The first-order chi connectivity index (χ1) is 24.8. The molecule has 0 amide bonds. The average Bonchev–Trinajstić information content (AvgIpc) is 3.78. The molecule has 7 aromatic carbocycles. The van der Waals surface area contributed by atoms with Crippen LogP contribution in [0.15, 0.2) is 164 Å². The fraction of sp³-hybridized carbons (Fsp3) is 0. The summed E-state index contributed by atoms with van der Waals surface area (Å²) >= 11 is 3.63. The molecule has 0 radical (unpaired) electrons. The summed E-state index contributed by atoms with van der Waals surface area (Å²) in [5, 5.41) is 4.91. The van der Waals surface area contributed by atoms with Crippen molar-refractivity contribution in [2.24, 2.45) is 0 Å². The Bertz CT molecular complexity index is 2680. The Morgan fingerprint density at radius 2 is 0.580 bits per heavy atom. The fourth-order valence-electron chi connectivity index (χ4n) is 7.02. The second-order valence-electron chi connectivity index (χ2n) is 12.3. The lowest BCUT2D eigenvalue weighted by Crippen LogP contribution is -2.00. The number of hydrogen-bond acceptors (Lipinski definition) is 5. The Labute approximate surface area is 296 Å². The van der Waals surface area contributed by atoms with E-state index in [-0.39, 0.29) is 0 Å². The smallest absolute Gasteiger partial charge is 0.165 e. The molecule has 234 valence electrons. The lowest BCUT2D eigenvalue weighted by molar-refractivity contribution is 1.08. The van der Waals surface area contributed by atoms with Crippen molar-refractivity contribution in [2.75, 3.05) is 0 Å². The highest BCUT2D eigenvalue weighted by Crippen LogP contribution is 2.45. The lowest BCUT2D eigenvalue weighted by atomic mass is 10.0. The summed E-state index contributed by atoms with van der Waals surface area (Å²) in [6.07, 6.45) is 0. The lowest BCUT2D eigenvalue weighted by Gasteiger charge is -2.09. The van der Waals surface area contributed by atoms with Crippen LogP contribution in [0, 0.1) is 0 Å². The zero-order valence-electron chi connectivity index (χ0n) is 26.7. The van der Waals surface area contributed by atoms with Gasteiger partial charge in [-0.15, -0.1) is 22.7 Å². The van der Waals surface area contributed by atoms with E-state index >= 15 is 0 Å². The molecule has 0 aliphatic heterocycles. The topological polar surface area (TPSA) is 38.7 Å². The van der Waals surface area contributed by atoms with Gasteiger partial charge in [-0.25, -0.2) is 15.0 Å². The van der Waals surface area contributed by atoms with E-state index in [0.717, 1.165) is 16.7 Å². The number of nitrogens with zero attached hydrogens (tertiary/aromatic N) is 3. The summed E-state index contributed by atoms with van der Waals surface area (Å²) in [7, 11) is 0. The van der Waals surface area contributed by atoms with Crippen LogP contribution in [0.3, 0.4) is 0 Å². The van der Waals surface area contributed by atoms with Crippen LogP contribution in [0.25, 0.3) is 96.8 Å². The molecule has 10 rings (SSSR count). The first kappa shape index (κ1) is 29.0. The summed E-state index contributed by atoms with van der Waals surface area (Å²) < 4.78 is 4.88. The Morgan fingerprint density at radius 3 is 0.980 bits per heavy atom. The minimum absolute atomic E-state index is 0.664.